The van der Waals surface area contributed by atoms with Gasteiger partial charge >= 0.3 is 38.7 Å². The van der Waals surface area contributed by atoms with Crippen LogP contribution in [0.15, 0.2) is 0 Å². The molecule has 0 aliphatic carbocycles. The van der Waals surface area contributed by atoms with Gasteiger partial charge in [-0.05, 0) is 17.2 Å². The van der Waals surface area contributed by atoms with Crippen LogP contribution in [0.25, 0.3) is 0 Å². The molecule has 3 nitrogen and oxygen atoms in total. The van der Waals surface area contributed by atoms with Crippen LogP contribution in [0, 0.1) is 0 Å². The quantitative estimate of drug-likeness (QED) is 0.257. The van der Waals surface area contributed by atoms with Crippen LogP contribution in [-0.2, 0) is 9.15 Å². The molecule has 0 bridgehead atoms. The van der Waals surface area contributed by atoms with Gasteiger partial charge in [-0.2, -0.15) is 8.42 Å². The van der Waals surface area contributed by atoms with Gasteiger partial charge in [-0.1, -0.05) is 64.7 Å². The van der Waals surface area contributed by atoms with Gasteiger partial charge in [0.15, 0.2) is 0 Å². The average molecular weight is 306 g/mol. The monoisotopic (exact) mass is 306 g/mol. The second kappa shape index (κ2) is 14.7. The molecule has 0 heterocycles. The first-order valence-electron chi connectivity index (χ1n) is 6.68. The summed E-state index contributed by atoms with van der Waals surface area (Å²) in [5, 5.41) is 0. The van der Waals surface area contributed by atoms with Gasteiger partial charge < -0.3 is 1.43 Å². The van der Waals surface area contributed by atoms with Crippen molar-refractivity contribution >= 4 is 19.9 Å². The second-order valence-electron chi connectivity index (χ2n) is 4.43. The molecule has 0 saturated heterocycles. The van der Waals surface area contributed by atoms with Gasteiger partial charge in [-0.3, -0.25) is 4.55 Å². The number of hydrogen-bond donors (Lipinski definition) is 1. The van der Waals surface area contributed by atoms with Crippen LogP contribution in [0.5, 0.6) is 0 Å². The van der Waals surface area contributed by atoms with Crippen molar-refractivity contribution in [2.75, 3.05) is 5.75 Å². The molecule has 0 aliphatic rings. The molecule has 106 valence electrons. The summed E-state index contributed by atoms with van der Waals surface area (Å²) in [6.07, 6.45) is 12.4. The van der Waals surface area contributed by atoms with Gasteiger partial charge in [-0.15, -0.1) is 0 Å². The Labute approximate surface area is 140 Å². The maximum absolute atomic E-state index is 10.4. The zero-order chi connectivity index (χ0) is 13.0. The first-order chi connectivity index (χ1) is 8.06. The van der Waals surface area contributed by atoms with Crippen molar-refractivity contribution < 1.29 is 44.0 Å². The normalized spacial score (nSPS) is 11.2. The minimum atomic E-state index is -3.82. The third-order valence-electron chi connectivity index (χ3n) is 2.73. The van der Waals surface area contributed by atoms with Gasteiger partial charge in [0, 0.05) is 5.75 Å². The SMILES string of the molecule is CCCCCCCCCCCCSS(=O)(=O)O.[H-].[Na+]. The van der Waals surface area contributed by atoms with Crippen molar-refractivity contribution in [3.63, 3.8) is 0 Å². The van der Waals surface area contributed by atoms with E-state index in [2.05, 4.69) is 6.92 Å². The Morgan fingerprint density at radius 1 is 0.889 bits per heavy atom. The fourth-order valence-electron chi connectivity index (χ4n) is 1.75. The zero-order valence-electron chi connectivity index (χ0n) is 12.9. The molecule has 1 N–H and O–H groups in total. The fourth-order valence-corrected chi connectivity index (χ4v) is 3.27. The molecular formula is C12H27NaO3S2. The van der Waals surface area contributed by atoms with E-state index in [1.165, 1.54) is 51.4 Å². The van der Waals surface area contributed by atoms with Crippen LogP contribution in [0.4, 0.5) is 0 Å². The third-order valence-corrected chi connectivity index (χ3v) is 4.88. The summed E-state index contributed by atoms with van der Waals surface area (Å²) >= 11 is 0. The minimum Gasteiger partial charge on any atom is -1.00 e. The second-order valence-corrected chi connectivity index (χ2v) is 7.90. The summed E-state index contributed by atoms with van der Waals surface area (Å²) < 4.78 is 29.3. The van der Waals surface area contributed by atoms with Crippen LogP contribution in [0.3, 0.4) is 0 Å². The predicted molar refractivity (Wildman–Crippen MR) is 77.0 cm³/mol. The van der Waals surface area contributed by atoms with Crippen LogP contribution in [-0.4, -0.2) is 18.7 Å². The molecule has 0 aliphatic heterocycles. The topological polar surface area (TPSA) is 54.4 Å². The number of unbranched alkanes of at least 4 members (excludes halogenated alkanes) is 9. The Balaban J connectivity index is -0.00000128. The summed E-state index contributed by atoms with van der Waals surface area (Å²) in [7, 11) is -3.18. The van der Waals surface area contributed by atoms with Gasteiger partial charge in [0.25, 0.3) is 0 Å². The molecular weight excluding hydrogens is 279 g/mol. The number of rotatable bonds is 12. The summed E-state index contributed by atoms with van der Waals surface area (Å²) in [5.74, 6) is 0.509. The van der Waals surface area contributed by atoms with Gasteiger partial charge in [0.05, 0.1) is 0 Å². The minimum absolute atomic E-state index is 0. The Hall–Kier alpha value is 1.26. The molecule has 18 heavy (non-hydrogen) atoms. The Kier molecular flexibility index (Phi) is 17.6. The standard InChI is InChI=1S/C12H26O3S2.Na.H/c1-2-3-4-5-6-7-8-9-10-11-12-16-17(13,14)15;;/h2-12H2,1H3,(H,13,14,15);;/q;+1;-1. The molecule has 0 aromatic carbocycles. The molecule has 6 heteroatoms. The Morgan fingerprint density at radius 3 is 1.67 bits per heavy atom. The van der Waals surface area contributed by atoms with Gasteiger partial charge in [-0.25, -0.2) is 0 Å². The van der Waals surface area contributed by atoms with Crippen LogP contribution < -0.4 is 29.6 Å². The Morgan fingerprint density at radius 2 is 1.28 bits per heavy atom. The van der Waals surface area contributed by atoms with Crippen molar-refractivity contribution in [2.45, 2.75) is 71.1 Å². The van der Waals surface area contributed by atoms with Crippen molar-refractivity contribution in [3.8, 4) is 0 Å². The molecule has 0 unspecified atom stereocenters. The van der Waals surface area contributed by atoms with E-state index >= 15 is 0 Å². The van der Waals surface area contributed by atoms with Crippen molar-refractivity contribution in [1.82, 2.24) is 0 Å². The van der Waals surface area contributed by atoms with Crippen LogP contribution in [0.1, 0.15) is 72.6 Å². The van der Waals surface area contributed by atoms with Crippen molar-refractivity contribution in [2.24, 2.45) is 0 Å². The maximum atomic E-state index is 10.4. The maximum Gasteiger partial charge on any atom is 1.00 e. The van der Waals surface area contributed by atoms with Crippen LogP contribution >= 0.6 is 10.8 Å². The molecule has 0 rings (SSSR count). The van der Waals surface area contributed by atoms with Crippen molar-refractivity contribution in [3.05, 3.63) is 0 Å². The van der Waals surface area contributed by atoms with E-state index in [0.29, 0.717) is 16.5 Å². The summed E-state index contributed by atoms with van der Waals surface area (Å²) in [5.41, 5.74) is 0. The third kappa shape index (κ3) is 19.6. The first kappa shape index (κ1) is 21.6. The van der Waals surface area contributed by atoms with E-state index < -0.39 is 9.15 Å². The van der Waals surface area contributed by atoms with E-state index in [4.69, 9.17) is 4.55 Å². The fraction of sp³-hybridized carbons (Fsp3) is 1.00. The van der Waals surface area contributed by atoms with E-state index in [9.17, 15) is 8.42 Å². The molecule has 0 aromatic rings. The average Bonchev–Trinajstić information content (AvgIpc) is 2.24. The molecule has 0 saturated carbocycles. The van der Waals surface area contributed by atoms with E-state index in [1.807, 2.05) is 0 Å². The Bertz CT molecular complexity index is 262. The summed E-state index contributed by atoms with van der Waals surface area (Å²) in [4.78, 5) is 0. The zero-order valence-corrected chi connectivity index (χ0v) is 15.5. The molecule has 0 fully saturated rings. The van der Waals surface area contributed by atoms with Gasteiger partial charge in [0.2, 0.25) is 0 Å². The van der Waals surface area contributed by atoms with E-state index in [-0.39, 0.29) is 31.0 Å². The smallest absolute Gasteiger partial charge is 1.00 e. The molecule has 0 aromatic heterocycles. The predicted octanol–water partition coefficient (Wildman–Crippen LogP) is 1.56. The summed E-state index contributed by atoms with van der Waals surface area (Å²) in [6.45, 7) is 2.23. The van der Waals surface area contributed by atoms with Crippen molar-refractivity contribution in [1.29, 1.82) is 0 Å². The van der Waals surface area contributed by atoms with Crippen LogP contribution in [0.2, 0.25) is 0 Å². The molecule has 0 atom stereocenters. The molecule has 0 spiro atoms. The number of hydrogen-bond acceptors (Lipinski definition) is 3. The first-order valence-corrected chi connectivity index (χ1v) is 9.62. The van der Waals surface area contributed by atoms with E-state index in [1.54, 1.807) is 0 Å². The largest absolute Gasteiger partial charge is 1.00 e. The molecule has 0 radical (unpaired) electrons. The van der Waals surface area contributed by atoms with Gasteiger partial charge in [0.1, 0.15) is 0 Å². The summed E-state index contributed by atoms with van der Waals surface area (Å²) in [6, 6.07) is 0. The van der Waals surface area contributed by atoms with E-state index in [0.717, 1.165) is 12.8 Å². The molecule has 0 amide bonds.